The van der Waals surface area contributed by atoms with Crippen LogP contribution in [0.25, 0.3) is 0 Å². The van der Waals surface area contributed by atoms with Gasteiger partial charge in [0.1, 0.15) is 11.2 Å². The van der Waals surface area contributed by atoms with Crippen molar-refractivity contribution < 1.29 is 14.8 Å². The van der Waals surface area contributed by atoms with Crippen molar-refractivity contribution in [3.63, 3.8) is 0 Å². The lowest BCUT2D eigenvalue weighted by Crippen LogP contribution is -2.45. The van der Waals surface area contributed by atoms with Gasteiger partial charge in [0.25, 0.3) is 0 Å². The van der Waals surface area contributed by atoms with Crippen LogP contribution in [0.2, 0.25) is 0 Å². The number of anilines is 1. The van der Waals surface area contributed by atoms with Crippen molar-refractivity contribution in [3.05, 3.63) is 15.8 Å². The highest BCUT2D eigenvalue weighted by Crippen LogP contribution is 2.35. The fourth-order valence-electron chi connectivity index (χ4n) is 2.25. The molecule has 0 aromatic carbocycles. The van der Waals surface area contributed by atoms with Gasteiger partial charge in [-0.25, -0.2) is 9.48 Å². The van der Waals surface area contributed by atoms with Crippen LogP contribution in [0.1, 0.15) is 52.1 Å². The topological polar surface area (TPSA) is 110 Å². The zero-order valence-corrected chi connectivity index (χ0v) is 13.0. The number of nitro groups is 1. The Labute approximate surface area is 123 Å². The summed E-state index contributed by atoms with van der Waals surface area (Å²) in [6.07, 6.45) is 0.607. The number of hydrogen-bond donors (Lipinski definition) is 2. The van der Waals surface area contributed by atoms with E-state index in [0.717, 1.165) is 0 Å². The van der Waals surface area contributed by atoms with Gasteiger partial charge < -0.3 is 10.4 Å². The maximum absolute atomic E-state index is 11.6. The fraction of sp³-hybridized carbons (Fsp3) is 0.692. The second kappa shape index (κ2) is 6.11. The lowest BCUT2D eigenvalue weighted by Gasteiger charge is -2.28. The minimum atomic E-state index is -1.24. The largest absolute Gasteiger partial charge is 0.480 e. The number of aliphatic carboxylic acids is 1. The summed E-state index contributed by atoms with van der Waals surface area (Å²) >= 11 is 0. The lowest BCUT2D eigenvalue weighted by molar-refractivity contribution is -0.384. The van der Waals surface area contributed by atoms with E-state index < -0.39 is 16.4 Å². The van der Waals surface area contributed by atoms with Gasteiger partial charge in [0.2, 0.25) is 5.82 Å². The Morgan fingerprint density at radius 2 is 2.00 bits per heavy atom. The van der Waals surface area contributed by atoms with Crippen molar-refractivity contribution in [2.75, 3.05) is 5.32 Å². The predicted molar refractivity (Wildman–Crippen MR) is 78.5 cm³/mol. The summed E-state index contributed by atoms with van der Waals surface area (Å²) in [6.45, 7) is 7.08. The third kappa shape index (κ3) is 2.98. The van der Waals surface area contributed by atoms with E-state index in [0.29, 0.717) is 18.5 Å². The summed E-state index contributed by atoms with van der Waals surface area (Å²) in [7, 11) is 1.57. The maximum atomic E-state index is 11.6. The van der Waals surface area contributed by atoms with Crippen molar-refractivity contribution in [1.82, 2.24) is 9.78 Å². The first-order valence-electron chi connectivity index (χ1n) is 6.93. The van der Waals surface area contributed by atoms with E-state index in [4.69, 9.17) is 0 Å². The van der Waals surface area contributed by atoms with E-state index in [9.17, 15) is 20.0 Å². The Balaban J connectivity index is 3.43. The van der Waals surface area contributed by atoms with Crippen LogP contribution in [0.5, 0.6) is 0 Å². The van der Waals surface area contributed by atoms with Gasteiger partial charge in [-0.1, -0.05) is 27.7 Å². The molecule has 0 aliphatic rings. The Hall–Kier alpha value is -2.12. The lowest BCUT2D eigenvalue weighted by atomic mass is 9.93. The molecule has 0 fully saturated rings. The van der Waals surface area contributed by atoms with Crippen molar-refractivity contribution in [1.29, 1.82) is 0 Å². The van der Waals surface area contributed by atoms with Crippen molar-refractivity contribution >= 4 is 17.5 Å². The third-order valence-electron chi connectivity index (χ3n) is 3.75. The molecule has 2 N–H and O–H groups in total. The molecule has 1 rings (SSSR count). The van der Waals surface area contributed by atoms with E-state index >= 15 is 0 Å². The van der Waals surface area contributed by atoms with E-state index in [1.807, 2.05) is 13.8 Å². The summed E-state index contributed by atoms with van der Waals surface area (Å²) in [4.78, 5) is 22.4. The summed E-state index contributed by atoms with van der Waals surface area (Å²) in [5.74, 6) is -1.03. The molecule has 8 heteroatoms. The van der Waals surface area contributed by atoms with Crippen molar-refractivity contribution in [2.45, 2.75) is 52.0 Å². The van der Waals surface area contributed by atoms with Crippen LogP contribution in [0.3, 0.4) is 0 Å². The molecule has 0 saturated heterocycles. The Morgan fingerprint density at radius 3 is 2.33 bits per heavy atom. The molecule has 0 saturated carbocycles. The summed E-state index contributed by atoms with van der Waals surface area (Å²) in [6, 6.07) is 0. The number of nitrogens with one attached hydrogen (secondary N) is 1. The quantitative estimate of drug-likeness (QED) is 0.591. The molecule has 8 nitrogen and oxygen atoms in total. The van der Waals surface area contributed by atoms with E-state index in [2.05, 4.69) is 10.4 Å². The van der Waals surface area contributed by atoms with Crippen LogP contribution in [0.4, 0.5) is 11.5 Å². The minimum Gasteiger partial charge on any atom is -0.480 e. The SMILES string of the molecule is CCC(CC)(Nc1c([N+](=O)[O-])c(C(C)C)nn1C)C(=O)O. The zero-order chi connectivity index (χ0) is 16.4. The van der Waals surface area contributed by atoms with Crippen LogP contribution >= 0.6 is 0 Å². The molecule has 0 spiro atoms. The maximum Gasteiger partial charge on any atom is 0.334 e. The van der Waals surface area contributed by atoms with Gasteiger partial charge in [0.05, 0.1) is 4.92 Å². The fourth-order valence-corrected chi connectivity index (χ4v) is 2.25. The van der Waals surface area contributed by atoms with Crippen molar-refractivity contribution in [2.24, 2.45) is 7.05 Å². The second-order valence-corrected chi connectivity index (χ2v) is 5.34. The molecule has 0 bridgehead atoms. The average Bonchev–Trinajstić information content (AvgIpc) is 2.73. The van der Waals surface area contributed by atoms with Crippen LogP contribution in [0, 0.1) is 10.1 Å². The molecule has 0 radical (unpaired) electrons. The van der Waals surface area contributed by atoms with Crippen LogP contribution in [-0.2, 0) is 11.8 Å². The number of carboxylic acids is 1. The standard InChI is InChI=1S/C13H22N4O4/c1-6-13(7-2,12(18)19)14-11-10(17(20)21)9(8(3)4)15-16(11)5/h8,14H,6-7H2,1-5H3,(H,18,19). The highest BCUT2D eigenvalue weighted by Gasteiger charge is 2.39. The van der Waals surface area contributed by atoms with E-state index in [1.54, 1.807) is 20.9 Å². The molecular weight excluding hydrogens is 276 g/mol. The summed E-state index contributed by atoms with van der Waals surface area (Å²) in [5.41, 5.74) is -1.05. The third-order valence-corrected chi connectivity index (χ3v) is 3.75. The van der Waals surface area contributed by atoms with Gasteiger partial charge in [-0.05, 0) is 12.8 Å². The van der Waals surface area contributed by atoms with Crippen LogP contribution < -0.4 is 5.32 Å². The number of rotatable bonds is 7. The van der Waals surface area contributed by atoms with E-state index in [1.165, 1.54) is 4.68 Å². The molecule has 118 valence electrons. The van der Waals surface area contributed by atoms with E-state index in [-0.39, 0.29) is 17.4 Å². The summed E-state index contributed by atoms with van der Waals surface area (Å²) in [5, 5.41) is 27.8. The number of carboxylic acid groups (broad SMARTS) is 1. The van der Waals surface area contributed by atoms with Gasteiger partial charge in [-0.3, -0.25) is 10.1 Å². The van der Waals surface area contributed by atoms with Crippen LogP contribution in [-0.4, -0.2) is 31.3 Å². The van der Waals surface area contributed by atoms with Gasteiger partial charge in [-0.2, -0.15) is 5.10 Å². The minimum absolute atomic E-state index is 0.130. The number of hydrogen-bond acceptors (Lipinski definition) is 5. The molecule has 1 aromatic heterocycles. The molecule has 0 unspecified atom stereocenters. The second-order valence-electron chi connectivity index (χ2n) is 5.34. The number of aromatic nitrogens is 2. The number of carbonyl (C=O) groups is 1. The van der Waals surface area contributed by atoms with Gasteiger partial charge >= 0.3 is 11.7 Å². The molecule has 1 heterocycles. The van der Waals surface area contributed by atoms with Crippen LogP contribution in [0.15, 0.2) is 0 Å². The highest BCUT2D eigenvalue weighted by molar-refractivity contribution is 5.83. The number of aryl methyl sites for hydroxylation is 1. The normalized spacial score (nSPS) is 11.7. The monoisotopic (exact) mass is 298 g/mol. The highest BCUT2D eigenvalue weighted by atomic mass is 16.6. The summed E-state index contributed by atoms with van der Waals surface area (Å²) < 4.78 is 1.34. The van der Waals surface area contributed by atoms with Gasteiger partial charge in [-0.15, -0.1) is 0 Å². The van der Waals surface area contributed by atoms with Gasteiger partial charge in [0, 0.05) is 13.0 Å². The average molecular weight is 298 g/mol. The molecule has 0 amide bonds. The number of nitrogens with zero attached hydrogens (tertiary/aromatic N) is 3. The molecular formula is C13H22N4O4. The zero-order valence-electron chi connectivity index (χ0n) is 13.0. The predicted octanol–water partition coefficient (Wildman–Crippen LogP) is 2.51. The smallest absolute Gasteiger partial charge is 0.334 e. The Morgan fingerprint density at radius 1 is 1.48 bits per heavy atom. The molecule has 0 aliphatic carbocycles. The molecule has 0 aliphatic heterocycles. The first-order valence-corrected chi connectivity index (χ1v) is 6.93. The molecule has 0 atom stereocenters. The first-order chi connectivity index (χ1) is 9.70. The molecule has 21 heavy (non-hydrogen) atoms. The van der Waals surface area contributed by atoms with Gasteiger partial charge in [0.15, 0.2) is 0 Å². The molecule has 1 aromatic rings. The van der Waals surface area contributed by atoms with Crippen molar-refractivity contribution in [3.8, 4) is 0 Å². The first kappa shape index (κ1) is 16.9. The Bertz CT molecular complexity index is 547. The Kier molecular flexibility index (Phi) is 4.93.